The molecule has 1 amide bonds. The predicted molar refractivity (Wildman–Crippen MR) is 65.0 cm³/mol. The Bertz CT molecular complexity index is 482. The Morgan fingerprint density at radius 3 is 2.74 bits per heavy atom. The first-order valence-corrected chi connectivity index (χ1v) is 5.97. The van der Waals surface area contributed by atoms with E-state index < -0.39 is 23.6 Å². The molecular weight excluding hydrogens is 254 g/mol. The third-order valence-corrected chi connectivity index (χ3v) is 3.29. The molecule has 6 heteroatoms. The summed E-state index contributed by atoms with van der Waals surface area (Å²) < 4.78 is 26.1. The van der Waals surface area contributed by atoms with Gasteiger partial charge in [0.1, 0.15) is 0 Å². The number of halogens is 2. The van der Waals surface area contributed by atoms with Gasteiger partial charge in [-0.15, -0.1) is 0 Å². The molecule has 4 nitrogen and oxygen atoms in total. The normalized spacial score (nSPS) is 23.7. The Kier molecular flexibility index (Phi) is 4.11. The quantitative estimate of drug-likeness (QED) is 0.832. The van der Waals surface area contributed by atoms with Crippen molar-refractivity contribution in [3.8, 4) is 0 Å². The van der Waals surface area contributed by atoms with Crippen molar-refractivity contribution in [3.63, 3.8) is 0 Å². The van der Waals surface area contributed by atoms with Crippen LogP contribution in [0.3, 0.4) is 0 Å². The van der Waals surface area contributed by atoms with Crippen molar-refractivity contribution in [1.29, 1.82) is 0 Å². The van der Waals surface area contributed by atoms with Crippen molar-refractivity contribution in [1.82, 2.24) is 4.90 Å². The molecule has 1 unspecified atom stereocenters. The minimum absolute atomic E-state index is 0.0951. The lowest BCUT2D eigenvalue weighted by molar-refractivity contribution is -0.121. The molecule has 1 heterocycles. The van der Waals surface area contributed by atoms with Crippen molar-refractivity contribution >= 4 is 5.91 Å². The third-order valence-electron chi connectivity index (χ3n) is 3.29. The maximum Gasteiger partial charge on any atom is 0.235 e. The molecule has 3 N–H and O–H groups in total. The Balaban J connectivity index is 2.18. The Hall–Kier alpha value is -1.53. The zero-order valence-corrected chi connectivity index (χ0v) is 10.2. The van der Waals surface area contributed by atoms with Gasteiger partial charge in [0.05, 0.1) is 12.6 Å². The van der Waals surface area contributed by atoms with Gasteiger partial charge in [-0.2, -0.15) is 0 Å². The monoisotopic (exact) mass is 269 g/mol. The number of nitrogens with zero attached hydrogens (tertiary/aromatic N) is 1. The van der Waals surface area contributed by atoms with Crippen LogP contribution in [0.2, 0.25) is 0 Å². The van der Waals surface area contributed by atoms with Crippen LogP contribution in [0.25, 0.3) is 0 Å². The van der Waals surface area contributed by atoms with E-state index in [1.54, 1.807) is 11.3 Å². The highest BCUT2D eigenvalue weighted by Crippen LogP contribution is 2.31. The van der Waals surface area contributed by atoms with Gasteiger partial charge in [-0.05, 0) is 24.1 Å². The van der Waals surface area contributed by atoms with Crippen LogP contribution in [0.15, 0.2) is 18.2 Å². The standard InChI is InChI=1S/C13H15F2N2O2/c14-10-2-1-8(5-11(10)15)9-6-12(13(16)19)17(7-9)3-4-18/h1-2,5-6,9,12,18H,3-4,7H2,(H2,16,19)/t9-,12?/m0/s1. The summed E-state index contributed by atoms with van der Waals surface area (Å²) in [5.74, 6) is -2.54. The number of benzene rings is 1. The number of carbonyl (C=O) groups excluding carboxylic acids is 1. The first-order valence-electron chi connectivity index (χ1n) is 5.97. The Labute approximate surface area is 109 Å². The minimum atomic E-state index is -0.915. The van der Waals surface area contributed by atoms with Gasteiger partial charge >= 0.3 is 0 Å². The van der Waals surface area contributed by atoms with Crippen LogP contribution in [-0.2, 0) is 4.79 Å². The van der Waals surface area contributed by atoms with Gasteiger partial charge in [0, 0.05) is 19.0 Å². The molecular formula is C13H15F2N2O2. The number of aliphatic hydroxyl groups is 1. The van der Waals surface area contributed by atoms with E-state index in [1.165, 1.54) is 6.07 Å². The number of likely N-dealkylation sites (tertiary alicyclic amines) is 1. The second-order valence-electron chi connectivity index (χ2n) is 4.54. The van der Waals surface area contributed by atoms with Crippen molar-refractivity contribution in [2.75, 3.05) is 19.7 Å². The molecule has 19 heavy (non-hydrogen) atoms. The molecule has 0 aromatic heterocycles. The van der Waals surface area contributed by atoms with Crippen LogP contribution in [0, 0.1) is 18.1 Å². The molecule has 1 aromatic rings. The second-order valence-corrected chi connectivity index (χ2v) is 4.54. The maximum absolute atomic E-state index is 13.2. The highest BCUT2D eigenvalue weighted by Gasteiger charge is 2.36. The lowest BCUT2D eigenvalue weighted by atomic mass is 9.96. The van der Waals surface area contributed by atoms with Crippen LogP contribution in [0.1, 0.15) is 11.5 Å². The largest absolute Gasteiger partial charge is 0.395 e. The van der Waals surface area contributed by atoms with Gasteiger partial charge < -0.3 is 10.8 Å². The fraction of sp³-hybridized carbons (Fsp3) is 0.385. The van der Waals surface area contributed by atoms with Gasteiger partial charge in [-0.25, -0.2) is 8.78 Å². The lowest BCUT2D eigenvalue weighted by Crippen LogP contribution is -2.41. The molecule has 0 aliphatic carbocycles. The third kappa shape index (κ3) is 2.90. The number of primary amides is 1. The topological polar surface area (TPSA) is 66.6 Å². The Morgan fingerprint density at radius 2 is 2.16 bits per heavy atom. The molecule has 2 rings (SSSR count). The SMILES string of the molecule is NC(=O)C1[CH][C@H](c2ccc(F)c(F)c2)CN1CCO. The van der Waals surface area contributed by atoms with Crippen LogP contribution in [-0.4, -0.2) is 41.7 Å². The number of rotatable bonds is 4. The van der Waals surface area contributed by atoms with Crippen molar-refractivity contribution in [2.24, 2.45) is 5.73 Å². The molecule has 0 bridgehead atoms. The molecule has 0 saturated carbocycles. The molecule has 1 aliphatic rings. The fourth-order valence-electron chi connectivity index (χ4n) is 2.36. The minimum Gasteiger partial charge on any atom is -0.395 e. The van der Waals surface area contributed by atoms with Gasteiger partial charge in [-0.1, -0.05) is 6.07 Å². The number of hydrogen-bond acceptors (Lipinski definition) is 3. The summed E-state index contributed by atoms with van der Waals surface area (Å²) in [4.78, 5) is 13.0. The molecule has 1 radical (unpaired) electrons. The number of β-amino-alcohol motifs (C(OH)–C–C–N with tert-alkyl or cyclic N) is 1. The van der Waals surface area contributed by atoms with E-state index in [9.17, 15) is 13.6 Å². The summed E-state index contributed by atoms with van der Waals surface area (Å²) in [7, 11) is 0. The van der Waals surface area contributed by atoms with Crippen LogP contribution < -0.4 is 5.73 Å². The molecule has 1 saturated heterocycles. The molecule has 1 aromatic carbocycles. The van der Waals surface area contributed by atoms with Gasteiger partial charge in [-0.3, -0.25) is 9.69 Å². The summed E-state index contributed by atoms with van der Waals surface area (Å²) in [6, 6.07) is 3.08. The van der Waals surface area contributed by atoms with Crippen molar-refractivity contribution in [2.45, 2.75) is 12.0 Å². The van der Waals surface area contributed by atoms with Crippen LogP contribution >= 0.6 is 0 Å². The molecule has 1 aliphatic heterocycles. The predicted octanol–water partition coefficient (Wildman–Crippen LogP) is 0.414. The summed E-state index contributed by atoms with van der Waals surface area (Å²) in [5.41, 5.74) is 5.87. The summed E-state index contributed by atoms with van der Waals surface area (Å²) in [6.07, 6.45) is 1.70. The van der Waals surface area contributed by atoms with Gasteiger partial charge in [0.25, 0.3) is 0 Å². The van der Waals surface area contributed by atoms with E-state index in [0.29, 0.717) is 18.7 Å². The van der Waals surface area contributed by atoms with E-state index in [4.69, 9.17) is 10.8 Å². The van der Waals surface area contributed by atoms with Gasteiger partial charge in [0.2, 0.25) is 5.91 Å². The van der Waals surface area contributed by atoms with Crippen LogP contribution in [0.5, 0.6) is 0 Å². The van der Waals surface area contributed by atoms with Crippen molar-refractivity contribution in [3.05, 3.63) is 41.8 Å². The average Bonchev–Trinajstić information content (AvgIpc) is 2.77. The number of aliphatic hydroxyl groups excluding tert-OH is 1. The number of amides is 1. The van der Waals surface area contributed by atoms with E-state index in [2.05, 4.69) is 0 Å². The molecule has 103 valence electrons. The Morgan fingerprint density at radius 1 is 1.42 bits per heavy atom. The van der Waals surface area contributed by atoms with E-state index in [1.807, 2.05) is 0 Å². The van der Waals surface area contributed by atoms with E-state index in [0.717, 1.165) is 12.1 Å². The summed E-state index contributed by atoms with van der Waals surface area (Å²) in [5, 5.41) is 8.95. The summed E-state index contributed by atoms with van der Waals surface area (Å²) >= 11 is 0. The van der Waals surface area contributed by atoms with Gasteiger partial charge in [0.15, 0.2) is 11.6 Å². The molecule has 2 atom stereocenters. The fourth-order valence-corrected chi connectivity index (χ4v) is 2.36. The average molecular weight is 269 g/mol. The smallest absolute Gasteiger partial charge is 0.235 e. The second kappa shape index (κ2) is 5.63. The first-order chi connectivity index (χ1) is 9.02. The number of carbonyl (C=O) groups is 1. The number of nitrogens with two attached hydrogens (primary N) is 1. The van der Waals surface area contributed by atoms with Crippen molar-refractivity contribution < 1.29 is 18.7 Å². The lowest BCUT2D eigenvalue weighted by Gasteiger charge is -2.19. The van der Waals surface area contributed by atoms with E-state index in [-0.39, 0.29) is 12.5 Å². The zero-order valence-electron chi connectivity index (χ0n) is 10.2. The zero-order chi connectivity index (χ0) is 14.0. The summed E-state index contributed by atoms with van der Waals surface area (Å²) in [6.45, 7) is 0.658. The maximum atomic E-state index is 13.2. The highest BCUT2D eigenvalue weighted by atomic mass is 19.2. The highest BCUT2D eigenvalue weighted by molar-refractivity contribution is 5.82. The number of hydrogen-bond donors (Lipinski definition) is 2. The molecule has 0 spiro atoms. The van der Waals surface area contributed by atoms with Crippen LogP contribution in [0.4, 0.5) is 8.78 Å². The first kappa shape index (κ1) is 13.9. The molecule has 1 fully saturated rings. The van der Waals surface area contributed by atoms with E-state index >= 15 is 0 Å².